The minimum Gasteiger partial charge on any atom is -0.495 e. The van der Waals surface area contributed by atoms with E-state index in [9.17, 15) is 0 Å². The average Bonchev–Trinajstić information content (AvgIpc) is 2.72. The van der Waals surface area contributed by atoms with E-state index in [2.05, 4.69) is 28.5 Å². The fourth-order valence-corrected chi connectivity index (χ4v) is 3.55. The highest BCUT2D eigenvalue weighted by Crippen LogP contribution is 2.27. The van der Waals surface area contributed by atoms with Gasteiger partial charge in [0.25, 0.3) is 0 Å². The molecule has 2 heterocycles. The Kier molecular flexibility index (Phi) is 6.92. The summed E-state index contributed by atoms with van der Waals surface area (Å²) in [6.45, 7) is 4.19. The lowest BCUT2D eigenvalue weighted by molar-refractivity contribution is 0.417. The summed E-state index contributed by atoms with van der Waals surface area (Å²) >= 11 is 0. The van der Waals surface area contributed by atoms with E-state index in [-0.39, 0.29) is 0 Å². The zero-order valence-electron chi connectivity index (χ0n) is 17.2. The lowest BCUT2D eigenvalue weighted by atomic mass is 10.1. The Morgan fingerprint density at radius 2 is 2.14 bits per heavy atom. The van der Waals surface area contributed by atoms with Gasteiger partial charge < -0.3 is 26.0 Å². The first-order valence-electron chi connectivity index (χ1n) is 10.1. The molecule has 28 heavy (non-hydrogen) atoms. The fourth-order valence-electron chi connectivity index (χ4n) is 3.55. The van der Waals surface area contributed by atoms with Gasteiger partial charge >= 0.3 is 0 Å². The summed E-state index contributed by atoms with van der Waals surface area (Å²) in [6.07, 6.45) is 5.58. The standard InChI is InChI=1S/C21H32N6O/c1-4-5-7-15-13-20(27-11-6-8-17(14-27)23-2)26-21(24-15)25-16-9-10-19(28-3)18(22)12-16/h9-10,12-13,17,23H,4-8,11,14,22H2,1-3H3,(H,24,25,26)/t17-/m1/s1. The normalized spacial score (nSPS) is 16.8. The molecule has 1 aliphatic heterocycles. The second-order valence-electron chi connectivity index (χ2n) is 7.30. The molecule has 152 valence electrons. The van der Waals surface area contributed by atoms with Crippen LogP contribution in [0.2, 0.25) is 0 Å². The Morgan fingerprint density at radius 3 is 2.86 bits per heavy atom. The quantitative estimate of drug-likeness (QED) is 0.602. The molecule has 0 saturated carbocycles. The number of nitrogen functional groups attached to an aromatic ring is 1. The molecular weight excluding hydrogens is 352 g/mol. The molecule has 0 aliphatic carbocycles. The molecule has 1 fully saturated rings. The Hall–Kier alpha value is -2.54. The Labute approximate surface area is 167 Å². The van der Waals surface area contributed by atoms with Crippen molar-refractivity contribution in [3.63, 3.8) is 0 Å². The van der Waals surface area contributed by atoms with Crippen molar-refractivity contribution in [3.8, 4) is 5.75 Å². The van der Waals surface area contributed by atoms with Crippen LogP contribution < -0.4 is 26.0 Å². The van der Waals surface area contributed by atoms with Gasteiger partial charge in [-0.25, -0.2) is 4.98 Å². The Morgan fingerprint density at radius 1 is 1.29 bits per heavy atom. The smallest absolute Gasteiger partial charge is 0.229 e. The maximum Gasteiger partial charge on any atom is 0.229 e. The van der Waals surface area contributed by atoms with Gasteiger partial charge in [-0.1, -0.05) is 13.3 Å². The number of nitrogens with two attached hydrogens (primary N) is 1. The van der Waals surface area contributed by atoms with Crippen LogP contribution in [0.25, 0.3) is 0 Å². The first kappa shape index (κ1) is 20.2. The summed E-state index contributed by atoms with van der Waals surface area (Å²) in [4.78, 5) is 11.9. The molecule has 0 bridgehead atoms. The molecule has 0 unspecified atom stereocenters. The van der Waals surface area contributed by atoms with Gasteiger partial charge in [0.2, 0.25) is 5.95 Å². The molecular formula is C21H32N6O. The third-order valence-electron chi connectivity index (χ3n) is 5.19. The number of methoxy groups -OCH3 is 1. The van der Waals surface area contributed by atoms with Gasteiger partial charge in [-0.05, 0) is 50.9 Å². The van der Waals surface area contributed by atoms with Crippen molar-refractivity contribution >= 4 is 23.1 Å². The van der Waals surface area contributed by atoms with Gasteiger partial charge in [-0.2, -0.15) is 4.98 Å². The van der Waals surface area contributed by atoms with Crippen LogP contribution in [0, 0.1) is 0 Å². The van der Waals surface area contributed by atoms with E-state index in [1.54, 1.807) is 7.11 Å². The summed E-state index contributed by atoms with van der Waals surface area (Å²) in [6, 6.07) is 8.26. The molecule has 7 heteroatoms. The number of aromatic nitrogens is 2. The molecule has 1 aromatic carbocycles. The number of piperidine rings is 1. The number of unbranched alkanes of at least 4 members (excludes halogenated alkanes) is 1. The van der Waals surface area contributed by atoms with Gasteiger partial charge in [0.15, 0.2) is 0 Å². The van der Waals surface area contributed by atoms with Crippen molar-refractivity contribution in [2.75, 3.05) is 43.2 Å². The molecule has 1 saturated heterocycles. The molecule has 0 radical (unpaired) electrons. The van der Waals surface area contributed by atoms with Crippen LogP contribution in [0.3, 0.4) is 0 Å². The van der Waals surface area contributed by atoms with E-state index in [1.165, 1.54) is 6.42 Å². The monoisotopic (exact) mass is 384 g/mol. The van der Waals surface area contributed by atoms with Gasteiger partial charge in [0, 0.05) is 36.6 Å². The van der Waals surface area contributed by atoms with Crippen molar-refractivity contribution in [3.05, 3.63) is 30.0 Å². The number of benzene rings is 1. The number of ether oxygens (including phenoxy) is 1. The number of nitrogens with zero attached hydrogens (tertiary/aromatic N) is 3. The highest BCUT2D eigenvalue weighted by atomic mass is 16.5. The molecule has 1 aromatic heterocycles. The van der Waals surface area contributed by atoms with Crippen molar-refractivity contribution in [2.45, 2.75) is 45.1 Å². The maximum atomic E-state index is 6.04. The first-order chi connectivity index (χ1) is 13.6. The SMILES string of the molecule is CCCCc1cc(N2CCC[C@@H](NC)C2)nc(Nc2ccc(OC)c(N)c2)n1. The summed E-state index contributed by atoms with van der Waals surface area (Å²) < 4.78 is 5.24. The number of likely N-dealkylation sites (N-methyl/N-ethyl adjacent to an activating group) is 1. The number of aryl methyl sites for hydroxylation is 1. The van der Waals surface area contributed by atoms with Gasteiger partial charge in [0.05, 0.1) is 12.8 Å². The van der Waals surface area contributed by atoms with Crippen molar-refractivity contribution < 1.29 is 4.74 Å². The van der Waals surface area contributed by atoms with E-state index in [0.717, 1.165) is 56.0 Å². The van der Waals surface area contributed by atoms with Crippen LogP contribution in [0.15, 0.2) is 24.3 Å². The van der Waals surface area contributed by atoms with E-state index >= 15 is 0 Å². The van der Waals surface area contributed by atoms with Crippen LogP contribution >= 0.6 is 0 Å². The Bertz CT molecular complexity index is 781. The maximum absolute atomic E-state index is 6.04. The van der Waals surface area contributed by atoms with E-state index in [0.29, 0.717) is 23.4 Å². The minimum atomic E-state index is 0.501. The van der Waals surface area contributed by atoms with Gasteiger partial charge in [-0.15, -0.1) is 0 Å². The van der Waals surface area contributed by atoms with Crippen molar-refractivity contribution in [1.29, 1.82) is 0 Å². The number of hydrogen-bond donors (Lipinski definition) is 3. The predicted octanol–water partition coefficient (Wildman–Crippen LogP) is 3.34. The minimum absolute atomic E-state index is 0.501. The number of rotatable bonds is 8. The summed E-state index contributed by atoms with van der Waals surface area (Å²) in [5.74, 6) is 2.26. The summed E-state index contributed by atoms with van der Waals surface area (Å²) in [5.41, 5.74) is 8.55. The van der Waals surface area contributed by atoms with E-state index in [4.69, 9.17) is 20.4 Å². The van der Waals surface area contributed by atoms with Crippen LogP contribution in [-0.2, 0) is 6.42 Å². The molecule has 7 nitrogen and oxygen atoms in total. The highest BCUT2D eigenvalue weighted by Gasteiger charge is 2.20. The van der Waals surface area contributed by atoms with Crippen LogP contribution in [0.1, 0.15) is 38.3 Å². The summed E-state index contributed by atoms with van der Waals surface area (Å²) in [5, 5.41) is 6.72. The second-order valence-corrected chi connectivity index (χ2v) is 7.30. The molecule has 2 aromatic rings. The van der Waals surface area contributed by atoms with Crippen LogP contribution in [0.4, 0.5) is 23.1 Å². The first-order valence-corrected chi connectivity index (χ1v) is 10.1. The lowest BCUT2D eigenvalue weighted by Gasteiger charge is -2.33. The summed E-state index contributed by atoms with van der Waals surface area (Å²) in [7, 11) is 3.64. The topological polar surface area (TPSA) is 88.3 Å². The third kappa shape index (κ3) is 5.04. The zero-order chi connectivity index (χ0) is 19.9. The lowest BCUT2D eigenvalue weighted by Crippen LogP contribution is -2.44. The number of anilines is 4. The van der Waals surface area contributed by atoms with Crippen LogP contribution in [-0.4, -0.2) is 43.3 Å². The van der Waals surface area contributed by atoms with Crippen LogP contribution in [0.5, 0.6) is 5.75 Å². The van der Waals surface area contributed by atoms with Gasteiger partial charge in [-0.3, -0.25) is 0 Å². The zero-order valence-corrected chi connectivity index (χ0v) is 17.2. The molecule has 1 aliphatic rings. The predicted molar refractivity (Wildman–Crippen MR) is 116 cm³/mol. The van der Waals surface area contributed by atoms with Crippen molar-refractivity contribution in [2.24, 2.45) is 0 Å². The molecule has 1 atom stereocenters. The number of nitrogens with one attached hydrogen (secondary N) is 2. The highest BCUT2D eigenvalue weighted by molar-refractivity contribution is 5.65. The van der Waals surface area contributed by atoms with Gasteiger partial charge in [0.1, 0.15) is 11.6 Å². The van der Waals surface area contributed by atoms with E-state index in [1.807, 2.05) is 25.2 Å². The molecule has 0 amide bonds. The number of hydrogen-bond acceptors (Lipinski definition) is 7. The second kappa shape index (κ2) is 9.59. The Balaban J connectivity index is 1.85. The van der Waals surface area contributed by atoms with Crippen molar-refractivity contribution in [1.82, 2.24) is 15.3 Å². The average molecular weight is 385 g/mol. The third-order valence-corrected chi connectivity index (χ3v) is 5.19. The largest absolute Gasteiger partial charge is 0.495 e. The molecule has 0 spiro atoms. The molecule has 3 rings (SSSR count). The fraction of sp³-hybridized carbons (Fsp3) is 0.524. The van der Waals surface area contributed by atoms with E-state index < -0.39 is 0 Å². The molecule has 4 N–H and O–H groups in total.